The maximum Gasteiger partial charge on any atom is 0.274 e. The van der Waals surface area contributed by atoms with Crippen LogP contribution in [0.5, 0.6) is 0 Å². The van der Waals surface area contributed by atoms with E-state index in [4.69, 9.17) is 15.5 Å². The molecule has 33 heavy (non-hydrogen) atoms. The van der Waals surface area contributed by atoms with Crippen LogP contribution in [0.2, 0.25) is 0 Å². The second-order valence-corrected chi connectivity index (χ2v) is 9.79. The molecular weight excluding hydrogens is 432 g/mol. The van der Waals surface area contributed by atoms with E-state index in [1.54, 1.807) is 18.0 Å². The molecule has 1 saturated heterocycles. The SMILES string of the molecule is NC(=CC(=NC1CCCCO1)C1CC1)Cn1ncc2cc(Sc3ccccc3)ccc2c1=O. The lowest BCUT2D eigenvalue weighted by atomic mass is 10.1. The summed E-state index contributed by atoms with van der Waals surface area (Å²) in [6, 6.07) is 16.0. The standard InChI is InChI=1S/C26H28N4O2S/c27-20(15-24(18-9-10-18)29-25-8-4-5-13-32-25)17-30-26(31)23-12-11-22(14-19(23)16-28-30)33-21-6-2-1-3-7-21/h1-3,6-7,11-12,14-16,18,25H,4-5,8-10,13,17,27H2. The van der Waals surface area contributed by atoms with Crippen LogP contribution in [0.15, 0.2) is 86.1 Å². The molecule has 0 bridgehead atoms. The number of nitrogens with zero attached hydrogens (tertiary/aromatic N) is 3. The largest absolute Gasteiger partial charge is 0.400 e. The van der Waals surface area contributed by atoms with Crippen molar-refractivity contribution < 1.29 is 4.74 Å². The first kappa shape index (κ1) is 21.9. The van der Waals surface area contributed by atoms with Crippen LogP contribution in [0.25, 0.3) is 10.8 Å². The minimum absolute atomic E-state index is 0.0668. The van der Waals surface area contributed by atoms with Crippen LogP contribution in [0.3, 0.4) is 0 Å². The molecule has 1 aliphatic carbocycles. The Balaban J connectivity index is 1.34. The quantitative estimate of drug-likeness (QED) is 0.514. The Hall–Kier alpha value is -2.90. The van der Waals surface area contributed by atoms with Gasteiger partial charge in [-0.25, -0.2) is 4.68 Å². The highest BCUT2D eigenvalue weighted by Gasteiger charge is 2.28. The smallest absolute Gasteiger partial charge is 0.274 e. The molecule has 2 aromatic carbocycles. The van der Waals surface area contributed by atoms with Crippen molar-refractivity contribution in [1.29, 1.82) is 0 Å². The first-order chi connectivity index (χ1) is 16.2. The van der Waals surface area contributed by atoms with E-state index in [0.717, 1.165) is 59.6 Å². The van der Waals surface area contributed by atoms with Crippen molar-refractivity contribution in [3.63, 3.8) is 0 Å². The van der Waals surface area contributed by atoms with E-state index >= 15 is 0 Å². The molecule has 7 heteroatoms. The molecule has 2 fully saturated rings. The Kier molecular flexibility index (Phi) is 6.60. The van der Waals surface area contributed by atoms with E-state index in [-0.39, 0.29) is 18.3 Å². The topological polar surface area (TPSA) is 82.5 Å². The van der Waals surface area contributed by atoms with Crippen molar-refractivity contribution in [3.05, 3.63) is 76.9 Å². The molecule has 2 aliphatic rings. The summed E-state index contributed by atoms with van der Waals surface area (Å²) in [4.78, 5) is 20.1. The van der Waals surface area contributed by atoms with Gasteiger partial charge >= 0.3 is 0 Å². The molecule has 170 valence electrons. The van der Waals surface area contributed by atoms with Crippen molar-refractivity contribution in [1.82, 2.24) is 9.78 Å². The number of benzene rings is 2. The van der Waals surface area contributed by atoms with Crippen molar-refractivity contribution in [2.24, 2.45) is 16.6 Å². The second-order valence-electron chi connectivity index (χ2n) is 8.64. The third kappa shape index (κ3) is 5.54. The molecule has 0 amide bonds. The van der Waals surface area contributed by atoms with E-state index in [0.29, 0.717) is 17.0 Å². The van der Waals surface area contributed by atoms with Gasteiger partial charge in [0.1, 0.15) is 6.23 Å². The monoisotopic (exact) mass is 460 g/mol. The van der Waals surface area contributed by atoms with Gasteiger partial charge in [0, 0.05) is 39.1 Å². The highest BCUT2D eigenvalue weighted by Crippen LogP contribution is 2.32. The highest BCUT2D eigenvalue weighted by molar-refractivity contribution is 7.99. The molecule has 1 atom stereocenters. The van der Waals surface area contributed by atoms with Gasteiger partial charge in [0.15, 0.2) is 0 Å². The first-order valence-electron chi connectivity index (χ1n) is 11.5. The second kappa shape index (κ2) is 9.93. The van der Waals surface area contributed by atoms with E-state index in [1.807, 2.05) is 42.5 Å². The van der Waals surface area contributed by atoms with Gasteiger partial charge in [-0.1, -0.05) is 30.0 Å². The number of aliphatic imine (C=N–C) groups is 1. The van der Waals surface area contributed by atoms with Crippen LogP contribution in [-0.4, -0.2) is 28.3 Å². The van der Waals surface area contributed by atoms with Gasteiger partial charge in [0.05, 0.1) is 18.1 Å². The number of allylic oxidation sites excluding steroid dienone is 2. The third-order valence-electron chi connectivity index (χ3n) is 5.91. The lowest BCUT2D eigenvalue weighted by Gasteiger charge is -2.20. The summed E-state index contributed by atoms with van der Waals surface area (Å²) in [6.07, 6.45) is 9.07. The van der Waals surface area contributed by atoms with Gasteiger partial charge in [0.2, 0.25) is 0 Å². The fourth-order valence-corrected chi connectivity index (χ4v) is 4.89. The summed E-state index contributed by atoms with van der Waals surface area (Å²) in [5.41, 5.74) is 7.78. The fraction of sp³-hybridized carbons (Fsp3) is 0.346. The number of ether oxygens (including phenoxy) is 1. The zero-order valence-corrected chi connectivity index (χ0v) is 19.3. The van der Waals surface area contributed by atoms with Gasteiger partial charge in [-0.3, -0.25) is 9.79 Å². The zero-order valence-electron chi connectivity index (χ0n) is 18.5. The number of nitrogens with two attached hydrogens (primary N) is 1. The number of hydrogen-bond acceptors (Lipinski definition) is 6. The number of aromatic nitrogens is 2. The molecule has 0 spiro atoms. The Bertz CT molecular complexity index is 1240. The average molecular weight is 461 g/mol. The summed E-state index contributed by atoms with van der Waals surface area (Å²) in [7, 11) is 0. The fourth-order valence-electron chi connectivity index (χ4n) is 4.01. The maximum atomic E-state index is 13.0. The Morgan fingerprint density at radius 1 is 1.15 bits per heavy atom. The predicted octanol–water partition coefficient (Wildman–Crippen LogP) is 4.77. The molecule has 3 aromatic rings. The van der Waals surface area contributed by atoms with Crippen molar-refractivity contribution in [2.45, 2.75) is 54.7 Å². The van der Waals surface area contributed by atoms with Crippen molar-refractivity contribution in [2.75, 3.05) is 6.61 Å². The van der Waals surface area contributed by atoms with Crippen LogP contribution in [-0.2, 0) is 11.3 Å². The van der Waals surface area contributed by atoms with E-state index < -0.39 is 0 Å². The van der Waals surface area contributed by atoms with Gasteiger partial charge in [-0.15, -0.1) is 0 Å². The molecule has 0 radical (unpaired) electrons. The molecule has 1 aliphatic heterocycles. The van der Waals surface area contributed by atoms with Gasteiger partial charge in [-0.2, -0.15) is 5.10 Å². The molecule has 1 saturated carbocycles. The maximum absolute atomic E-state index is 13.0. The molecule has 1 aromatic heterocycles. The normalized spacial score (nSPS) is 19.7. The van der Waals surface area contributed by atoms with Crippen LogP contribution in [0.1, 0.15) is 32.1 Å². The number of hydrogen-bond donors (Lipinski definition) is 1. The summed E-state index contributed by atoms with van der Waals surface area (Å²) in [5.74, 6) is 0.455. The van der Waals surface area contributed by atoms with Gasteiger partial charge in [0.25, 0.3) is 5.56 Å². The van der Waals surface area contributed by atoms with Crippen molar-refractivity contribution in [3.8, 4) is 0 Å². The predicted molar refractivity (Wildman–Crippen MR) is 133 cm³/mol. The number of fused-ring (bicyclic) bond motifs is 1. The van der Waals surface area contributed by atoms with Gasteiger partial charge in [-0.05, 0) is 68.5 Å². The van der Waals surface area contributed by atoms with Gasteiger partial charge < -0.3 is 10.5 Å². The summed E-state index contributed by atoms with van der Waals surface area (Å²) in [6.45, 7) is 1.01. The Labute approximate surface area is 197 Å². The molecule has 6 nitrogen and oxygen atoms in total. The summed E-state index contributed by atoms with van der Waals surface area (Å²) >= 11 is 1.66. The lowest BCUT2D eigenvalue weighted by Crippen LogP contribution is -2.26. The molecule has 5 rings (SSSR count). The van der Waals surface area contributed by atoms with Crippen LogP contribution >= 0.6 is 11.8 Å². The lowest BCUT2D eigenvalue weighted by molar-refractivity contribution is 0.0222. The highest BCUT2D eigenvalue weighted by atomic mass is 32.2. The van der Waals surface area contributed by atoms with Crippen molar-refractivity contribution >= 4 is 28.2 Å². The number of rotatable bonds is 7. The van der Waals surface area contributed by atoms with Crippen LogP contribution < -0.4 is 11.3 Å². The Morgan fingerprint density at radius 2 is 2.00 bits per heavy atom. The minimum atomic E-state index is -0.138. The Morgan fingerprint density at radius 3 is 2.76 bits per heavy atom. The first-order valence-corrected chi connectivity index (χ1v) is 12.4. The molecule has 2 N–H and O–H groups in total. The zero-order chi connectivity index (χ0) is 22.6. The van der Waals surface area contributed by atoms with E-state index in [1.165, 1.54) is 4.68 Å². The minimum Gasteiger partial charge on any atom is -0.400 e. The van der Waals surface area contributed by atoms with E-state index in [9.17, 15) is 4.79 Å². The summed E-state index contributed by atoms with van der Waals surface area (Å²) in [5, 5.41) is 5.86. The van der Waals surface area contributed by atoms with Crippen LogP contribution in [0, 0.1) is 5.92 Å². The van der Waals surface area contributed by atoms with E-state index in [2.05, 4.69) is 17.2 Å². The molecular formula is C26H28N4O2S. The molecule has 1 unspecified atom stereocenters. The molecule has 2 heterocycles. The van der Waals surface area contributed by atoms with Crippen LogP contribution in [0.4, 0.5) is 0 Å². The average Bonchev–Trinajstić information content (AvgIpc) is 3.68. The summed E-state index contributed by atoms with van der Waals surface area (Å²) < 4.78 is 7.20. The third-order valence-corrected chi connectivity index (χ3v) is 6.91.